The largest absolute Gasteiger partial charge is 0.360 e. The van der Waals surface area contributed by atoms with E-state index in [9.17, 15) is 4.79 Å². The molecule has 3 heterocycles. The molecule has 2 fully saturated rings. The van der Waals surface area contributed by atoms with E-state index < -0.39 is 0 Å². The van der Waals surface area contributed by atoms with Gasteiger partial charge in [0.2, 0.25) is 0 Å². The Balaban J connectivity index is 1.30. The molecule has 2 aliphatic rings. The minimum absolute atomic E-state index is 0.131. The molecular formula is C18H25N5O2. The smallest absolute Gasteiger partial charge is 0.273 e. The quantitative estimate of drug-likeness (QED) is 0.839. The number of carbonyl (C=O) groups is 1. The number of rotatable bonds is 6. The molecule has 1 aliphatic carbocycles. The Bertz CT molecular complexity index is 761. The molecule has 1 aliphatic heterocycles. The van der Waals surface area contributed by atoms with Gasteiger partial charge in [-0.3, -0.25) is 9.69 Å². The fraction of sp³-hybridized carbons (Fsp3) is 0.611. The Morgan fingerprint density at radius 3 is 3.00 bits per heavy atom. The monoisotopic (exact) mass is 343 g/mol. The minimum atomic E-state index is -0.131. The maximum Gasteiger partial charge on any atom is 0.273 e. The first-order chi connectivity index (χ1) is 12.1. The number of nitrogens with one attached hydrogen (secondary N) is 2. The van der Waals surface area contributed by atoms with Gasteiger partial charge in [0, 0.05) is 44.1 Å². The molecule has 134 valence electrons. The van der Waals surface area contributed by atoms with Gasteiger partial charge in [-0.15, -0.1) is 0 Å². The van der Waals surface area contributed by atoms with E-state index in [1.165, 1.54) is 5.69 Å². The third kappa shape index (κ3) is 3.61. The summed E-state index contributed by atoms with van der Waals surface area (Å²) in [5.41, 5.74) is 2.64. The number of aromatic nitrogens is 3. The van der Waals surface area contributed by atoms with Gasteiger partial charge in [0.05, 0.1) is 11.4 Å². The summed E-state index contributed by atoms with van der Waals surface area (Å²) in [6, 6.07) is 1.95. The van der Waals surface area contributed by atoms with Crippen molar-refractivity contribution >= 4 is 5.91 Å². The minimum Gasteiger partial charge on any atom is -0.360 e. The van der Waals surface area contributed by atoms with Gasteiger partial charge in [-0.05, 0) is 26.2 Å². The third-order valence-corrected chi connectivity index (χ3v) is 5.10. The summed E-state index contributed by atoms with van der Waals surface area (Å²) in [6.07, 6.45) is 4.15. The molecule has 2 N–H and O–H groups in total. The van der Waals surface area contributed by atoms with Crippen LogP contribution in [-0.4, -0.2) is 45.1 Å². The van der Waals surface area contributed by atoms with Crippen LogP contribution in [-0.2, 0) is 13.0 Å². The molecule has 0 spiro atoms. The molecule has 7 nitrogen and oxygen atoms in total. The van der Waals surface area contributed by atoms with Crippen molar-refractivity contribution in [3.63, 3.8) is 0 Å². The van der Waals surface area contributed by atoms with E-state index in [0.29, 0.717) is 11.6 Å². The molecular weight excluding hydrogens is 318 g/mol. The summed E-state index contributed by atoms with van der Waals surface area (Å²) >= 11 is 0. The maximum absolute atomic E-state index is 12.3. The first-order valence-corrected chi connectivity index (χ1v) is 9.16. The molecule has 1 saturated heterocycles. The van der Waals surface area contributed by atoms with Gasteiger partial charge in [0.25, 0.3) is 5.91 Å². The Kier molecular flexibility index (Phi) is 4.33. The lowest BCUT2D eigenvalue weighted by molar-refractivity contribution is 0.0928. The van der Waals surface area contributed by atoms with Crippen molar-refractivity contribution in [3.05, 3.63) is 34.7 Å². The number of carbonyl (C=O) groups excluding carboxylic acids is 1. The maximum atomic E-state index is 12.3. The zero-order valence-electron chi connectivity index (χ0n) is 14.8. The van der Waals surface area contributed by atoms with Gasteiger partial charge < -0.3 is 14.8 Å². The van der Waals surface area contributed by atoms with Crippen LogP contribution in [0.1, 0.15) is 65.6 Å². The molecule has 2 aromatic heterocycles. The van der Waals surface area contributed by atoms with Gasteiger partial charge in [-0.2, -0.15) is 0 Å². The normalized spacial score (nSPS) is 21.0. The topological polar surface area (TPSA) is 87.1 Å². The number of amides is 1. The number of aromatic amines is 1. The highest BCUT2D eigenvalue weighted by molar-refractivity contribution is 5.92. The van der Waals surface area contributed by atoms with Gasteiger partial charge in [-0.25, -0.2) is 4.98 Å². The summed E-state index contributed by atoms with van der Waals surface area (Å²) in [5.74, 6) is 2.23. The van der Waals surface area contributed by atoms with Crippen LogP contribution in [0, 0.1) is 6.92 Å². The van der Waals surface area contributed by atoms with Crippen molar-refractivity contribution in [2.24, 2.45) is 0 Å². The lowest BCUT2D eigenvalue weighted by Crippen LogP contribution is -2.37. The number of likely N-dealkylation sites (tertiary alicyclic amines) is 1. The van der Waals surface area contributed by atoms with Crippen LogP contribution in [0.15, 0.2) is 10.6 Å². The van der Waals surface area contributed by atoms with Crippen LogP contribution in [0.3, 0.4) is 0 Å². The van der Waals surface area contributed by atoms with E-state index in [1.807, 2.05) is 6.92 Å². The van der Waals surface area contributed by atoms with Crippen molar-refractivity contribution in [2.75, 3.05) is 13.1 Å². The van der Waals surface area contributed by atoms with Gasteiger partial charge >= 0.3 is 0 Å². The van der Waals surface area contributed by atoms with Crippen molar-refractivity contribution in [1.29, 1.82) is 0 Å². The molecule has 0 bridgehead atoms. The summed E-state index contributed by atoms with van der Waals surface area (Å²) in [5, 5.41) is 7.00. The number of hydrogen-bond donors (Lipinski definition) is 2. The third-order valence-electron chi connectivity index (χ3n) is 5.10. The Morgan fingerprint density at radius 2 is 2.28 bits per heavy atom. The number of hydrogen-bond acceptors (Lipinski definition) is 5. The van der Waals surface area contributed by atoms with Crippen LogP contribution >= 0.6 is 0 Å². The zero-order valence-corrected chi connectivity index (χ0v) is 14.8. The van der Waals surface area contributed by atoms with Crippen molar-refractivity contribution in [2.45, 2.75) is 58.0 Å². The predicted molar refractivity (Wildman–Crippen MR) is 92.3 cm³/mol. The van der Waals surface area contributed by atoms with Crippen LogP contribution in [0.25, 0.3) is 0 Å². The SMILES string of the molecule is CCc1nc(C)c(CN2CCC(NC(=O)c3cc(C4CC4)on3)C2)[nH]1. The van der Waals surface area contributed by atoms with Gasteiger partial charge in [0.15, 0.2) is 5.69 Å². The first-order valence-electron chi connectivity index (χ1n) is 9.16. The van der Waals surface area contributed by atoms with Crippen LogP contribution in [0.4, 0.5) is 0 Å². The summed E-state index contributed by atoms with van der Waals surface area (Å²) in [4.78, 5) is 22.6. The number of nitrogens with zero attached hydrogens (tertiary/aromatic N) is 3. The van der Waals surface area contributed by atoms with Crippen LogP contribution in [0.2, 0.25) is 0 Å². The van der Waals surface area contributed by atoms with E-state index in [1.54, 1.807) is 6.07 Å². The number of H-pyrrole nitrogens is 1. The van der Waals surface area contributed by atoms with E-state index in [4.69, 9.17) is 4.52 Å². The first kappa shape index (κ1) is 16.3. The lowest BCUT2D eigenvalue weighted by Gasteiger charge is -2.16. The predicted octanol–water partition coefficient (Wildman–Crippen LogP) is 2.15. The molecule has 2 aromatic rings. The highest BCUT2D eigenvalue weighted by Crippen LogP contribution is 2.40. The van der Waals surface area contributed by atoms with Gasteiger partial charge in [-0.1, -0.05) is 12.1 Å². The number of imidazole rings is 1. The Hall–Kier alpha value is -2.15. The molecule has 1 atom stereocenters. The van der Waals surface area contributed by atoms with Crippen LogP contribution in [0.5, 0.6) is 0 Å². The number of aryl methyl sites for hydroxylation is 2. The highest BCUT2D eigenvalue weighted by Gasteiger charge is 2.30. The van der Waals surface area contributed by atoms with Crippen molar-refractivity contribution in [3.8, 4) is 0 Å². The summed E-state index contributed by atoms with van der Waals surface area (Å²) < 4.78 is 5.27. The zero-order chi connectivity index (χ0) is 17.4. The second-order valence-electron chi connectivity index (χ2n) is 7.18. The highest BCUT2D eigenvalue weighted by atomic mass is 16.5. The van der Waals surface area contributed by atoms with Crippen LogP contribution < -0.4 is 5.32 Å². The molecule has 7 heteroatoms. The summed E-state index contributed by atoms with van der Waals surface area (Å²) in [7, 11) is 0. The summed E-state index contributed by atoms with van der Waals surface area (Å²) in [6.45, 7) is 6.81. The molecule has 1 amide bonds. The Labute approximate surface area is 147 Å². The van der Waals surface area contributed by atoms with E-state index >= 15 is 0 Å². The average Bonchev–Trinajstić information content (AvgIpc) is 3.02. The molecule has 25 heavy (non-hydrogen) atoms. The van der Waals surface area contributed by atoms with Crippen molar-refractivity contribution < 1.29 is 9.32 Å². The van der Waals surface area contributed by atoms with Crippen molar-refractivity contribution in [1.82, 2.24) is 25.3 Å². The van der Waals surface area contributed by atoms with E-state index in [-0.39, 0.29) is 11.9 Å². The standard InChI is InChI=1S/C18H25N5O2/c1-3-17-19-11(2)15(21-17)10-23-7-6-13(9-23)20-18(24)14-8-16(25-22-14)12-4-5-12/h8,12-13H,3-7,9-10H2,1-2H3,(H,19,21)(H,20,24). The van der Waals surface area contributed by atoms with E-state index in [0.717, 1.165) is 62.6 Å². The second-order valence-corrected chi connectivity index (χ2v) is 7.18. The fourth-order valence-electron chi connectivity index (χ4n) is 3.42. The average molecular weight is 343 g/mol. The molecule has 1 unspecified atom stereocenters. The second kappa shape index (κ2) is 6.63. The lowest BCUT2D eigenvalue weighted by atomic mass is 10.2. The molecule has 0 radical (unpaired) electrons. The van der Waals surface area contributed by atoms with Gasteiger partial charge in [0.1, 0.15) is 11.6 Å². The molecule has 4 rings (SSSR count). The Morgan fingerprint density at radius 1 is 1.44 bits per heavy atom. The fourth-order valence-corrected chi connectivity index (χ4v) is 3.42. The molecule has 0 aromatic carbocycles. The van der Waals surface area contributed by atoms with E-state index in [2.05, 4.69) is 32.3 Å². The molecule has 1 saturated carbocycles.